The molecule has 1 heterocycles. The second-order valence-corrected chi connectivity index (χ2v) is 5.73. The minimum absolute atomic E-state index is 0.118. The highest BCUT2D eigenvalue weighted by Gasteiger charge is 2.05. The molecule has 3 heteroatoms. The summed E-state index contributed by atoms with van der Waals surface area (Å²) in [5.74, 6) is 6.98. The molecule has 104 valence electrons. The number of hydrogen-bond acceptors (Lipinski definition) is 3. The van der Waals surface area contributed by atoms with Gasteiger partial charge < -0.3 is 9.84 Å². The Labute approximate surface area is 124 Å². The number of hydrogen-bond donors (Lipinski definition) is 1. The van der Waals surface area contributed by atoms with Gasteiger partial charge >= 0.3 is 0 Å². The highest BCUT2D eigenvalue weighted by Crippen LogP contribution is 2.23. The Bertz CT molecular complexity index is 617. The van der Waals surface area contributed by atoms with Gasteiger partial charge in [0.1, 0.15) is 19.0 Å². The Morgan fingerprint density at radius 1 is 1.30 bits per heavy atom. The summed E-state index contributed by atoms with van der Waals surface area (Å²) in [7, 11) is 0. The zero-order chi connectivity index (χ0) is 14.4. The molecule has 0 saturated carbocycles. The molecule has 0 atom stereocenters. The lowest BCUT2D eigenvalue weighted by molar-refractivity contribution is 0.309. The molecule has 0 amide bonds. The van der Waals surface area contributed by atoms with Crippen molar-refractivity contribution in [2.75, 3.05) is 6.61 Å². The Morgan fingerprint density at radius 3 is 2.90 bits per heavy atom. The molecule has 0 bridgehead atoms. The Balaban J connectivity index is 2.05. The molecule has 20 heavy (non-hydrogen) atoms. The van der Waals surface area contributed by atoms with Gasteiger partial charge in [0.15, 0.2) is 0 Å². The van der Waals surface area contributed by atoms with Gasteiger partial charge in [-0.25, -0.2) is 0 Å². The molecule has 0 radical (unpaired) electrons. The van der Waals surface area contributed by atoms with Gasteiger partial charge in [-0.15, -0.1) is 11.3 Å². The molecule has 2 nitrogen and oxygen atoms in total. The predicted octanol–water partition coefficient (Wildman–Crippen LogP) is 3.79. The van der Waals surface area contributed by atoms with Crippen LogP contribution in [0.2, 0.25) is 0 Å². The molecule has 0 fully saturated rings. The van der Waals surface area contributed by atoms with Gasteiger partial charge in [0.25, 0.3) is 0 Å². The average molecular weight is 286 g/mol. The van der Waals surface area contributed by atoms with E-state index in [1.807, 2.05) is 23.6 Å². The van der Waals surface area contributed by atoms with Crippen molar-refractivity contribution in [1.29, 1.82) is 0 Å². The van der Waals surface area contributed by atoms with Gasteiger partial charge in [-0.1, -0.05) is 37.8 Å². The van der Waals surface area contributed by atoms with Crippen LogP contribution in [0.1, 0.15) is 35.8 Å². The maximum atomic E-state index is 8.74. The van der Waals surface area contributed by atoms with Crippen molar-refractivity contribution in [3.63, 3.8) is 0 Å². The summed E-state index contributed by atoms with van der Waals surface area (Å²) in [4.78, 5) is 1.08. The average Bonchev–Trinajstić information content (AvgIpc) is 2.90. The molecular formula is C17H18O2S. The van der Waals surface area contributed by atoms with E-state index >= 15 is 0 Å². The first kappa shape index (κ1) is 14.6. The molecule has 0 unspecified atom stereocenters. The largest absolute Gasteiger partial charge is 0.488 e. The molecule has 0 aliphatic heterocycles. The van der Waals surface area contributed by atoms with Crippen molar-refractivity contribution < 1.29 is 9.84 Å². The van der Waals surface area contributed by atoms with E-state index in [1.54, 1.807) is 11.3 Å². The molecule has 2 rings (SSSR count). The van der Waals surface area contributed by atoms with E-state index in [1.165, 1.54) is 5.56 Å². The van der Waals surface area contributed by atoms with Crippen molar-refractivity contribution in [2.45, 2.75) is 26.4 Å². The van der Waals surface area contributed by atoms with E-state index in [9.17, 15) is 0 Å². The molecule has 0 saturated heterocycles. The second-order valence-electron chi connectivity index (χ2n) is 4.73. The minimum atomic E-state index is -0.118. The van der Waals surface area contributed by atoms with E-state index in [0.717, 1.165) is 16.2 Å². The van der Waals surface area contributed by atoms with E-state index < -0.39 is 0 Å². The number of aliphatic hydroxyl groups is 1. The molecule has 0 spiro atoms. The quantitative estimate of drug-likeness (QED) is 0.866. The van der Waals surface area contributed by atoms with Crippen LogP contribution in [0.5, 0.6) is 5.75 Å². The van der Waals surface area contributed by atoms with Crippen LogP contribution in [0.15, 0.2) is 35.7 Å². The van der Waals surface area contributed by atoms with Gasteiger partial charge in [-0.2, -0.15) is 0 Å². The Kier molecular flexibility index (Phi) is 5.23. The fourth-order valence-electron chi connectivity index (χ4n) is 1.81. The number of aliphatic hydroxyl groups excluding tert-OH is 1. The first-order valence-corrected chi connectivity index (χ1v) is 7.47. The van der Waals surface area contributed by atoms with E-state index in [-0.39, 0.29) is 6.61 Å². The van der Waals surface area contributed by atoms with Gasteiger partial charge in [-0.3, -0.25) is 0 Å². The molecule has 1 aromatic carbocycles. The number of thiophene rings is 1. The monoisotopic (exact) mass is 286 g/mol. The van der Waals surface area contributed by atoms with Crippen LogP contribution in [0.4, 0.5) is 0 Å². The topological polar surface area (TPSA) is 29.5 Å². The summed E-state index contributed by atoms with van der Waals surface area (Å²) in [6.07, 6.45) is 0. The van der Waals surface area contributed by atoms with Crippen molar-refractivity contribution in [3.8, 4) is 17.6 Å². The summed E-state index contributed by atoms with van der Waals surface area (Å²) >= 11 is 1.62. The van der Waals surface area contributed by atoms with Crippen LogP contribution in [0.25, 0.3) is 0 Å². The molecular weight excluding hydrogens is 268 g/mol. The first-order chi connectivity index (χ1) is 9.70. The summed E-state index contributed by atoms with van der Waals surface area (Å²) in [5, 5.41) is 10.7. The van der Waals surface area contributed by atoms with Crippen LogP contribution in [-0.4, -0.2) is 11.7 Å². The standard InChI is InChI=1S/C17H18O2S/c1-13(2)15-5-3-7-16(11-15)19-12-17-14(6-4-9-18)8-10-20-17/h3,5,7-8,10-11,13,18H,9,12H2,1-2H3. The maximum absolute atomic E-state index is 8.74. The summed E-state index contributed by atoms with van der Waals surface area (Å²) in [6.45, 7) is 4.73. The third-order valence-electron chi connectivity index (χ3n) is 2.94. The number of rotatable bonds is 4. The number of ether oxygens (including phenoxy) is 1. The first-order valence-electron chi connectivity index (χ1n) is 6.59. The minimum Gasteiger partial charge on any atom is -0.488 e. The van der Waals surface area contributed by atoms with E-state index in [4.69, 9.17) is 9.84 Å². The Morgan fingerprint density at radius 2 is 2.15 bits per heavy atom. The third kappa shape index (κ3) is 3.86. The highest BCUT2D eigenvalue weighted by atomic mass is 32.1. The molecule has 0 aliphatic carbocycles. The second kappa shape index (κ2) is 7.14. The summed E-state index contributed by atoms with van der Waals surface area (Å²) in [5.41, 5.74) is 2.21. The van der Waals surface area contributed by atoms with E-state index in [2.05, 4.69) is 37.8 Å². The lowest BCUT2D eigenvalue weighted by Crippen LogP contribution is -1.96. The highest BCUT2D eigenvalue weighted by molar-refractivity contribution is 7.10. The molecule has 1 aromatic heterocycles. The van der Waals surface area contributed by atoms with Crippen LogP contribution >= 0.6 is 11.3 Å². The maximum Gasteiger partial charge on any atom is 0.124 e. The predicted molar refractivity (Wildman–Crippen MR) is 83.1 cm³/mol. The van der Waals surface area contributed by atoms with Gasteiger partial charge in [0, 0.05) is 5.56 Å². The SMILES string of the molecule is CC(C)c1cccc(OCc2sccc2C#CCO)c1. The van der Waals surface area contributed by atoms with Gasteiger partial charge in [0.05, 0.1) is 4.88 Å². The zero-order valence-electron chi connectivity index (χ0n) is 11.7. The van der Waals surface area contributed by atoms with Crippen LogP contribution in [0, 0.1) is 11.8 Å². The normalized spacial score (nSPS) is 10.2. The van der Waals surface area contributed by atoms with Gasteiger partial charge in [-0.05, 0) is 35.1 Å². The Hall–Kier alpha value is -1.76. The lowest BCUT2D eigenvalue weighted by Gasteiger charge is -2.09. The molecule has 1 N–H and O–H groups in total. The van der Waals surface area contributed by atoms with Gasteiger partial charge in [0.2, 0.25) is 0 Å². The summed E-state index contributed by atoms with van der Waals surface area (Å²) < 4.78 is 5.84. The van der Waals surface area contributed by atoms with Crippen LogP contribution < -0.4 is 4.74 Å². The zero-order valence-corrected chi connectivity index (χ0v) is 12.5. The van der Waals surface area contributed by atoms with Crippen molar-refractivity contribution in [3.05, 3.63) is 51.7 Å². The van der Waals surface area contributed by atoms with Crippen molar-refractivity contribution >= 4 is 11.3 Å². The van der Waals surface area contributed by atoms with Crippen LogP contribution in [0.3, 0.4) is 0 Å². The third-order valence-corrected chi connectivity index (χ3v) is 3.84. The fourth-order valence-corrected chi connectivity index (χ4v) is 2.55. The van der Waals surface area contributed by atoms with E-state index in [0.29, 0.717) is 12.5 Å². The van der Waals surface area contributed by atoms with Crippen molar-refractivity contribution in [2.24, 2.45) is 0 Å². The fraction of sp³-hybridized carbons (Fsp3) is 0.294. The smallest absolute Gasteiger partial charge is 0.124 e. The summed E-state index contributed by atoms with van der Waals surface area (Å²) in [6, 6.07) is 10.1. The van der Waals surface area contributed by atoms with Crippen molar-refractivity contribution in [1.82, 2.24) is 0 Å². The number of benzene rings is 1. The molecule has 2 aromatic rings. The lowest BCUT2D eigenvalue weighted by atomic mass is 10.0. The molecule has 0 aliphatic rings. The van der Waals surface area contributed by atoms with Crippen LogP contribution in [-0.2, 0) is 6.61 Å².